The summed E-state index contributed by atoms with van der Waals surface area (Å²) in [4.78, 5) is 15.6. The van der Waals surface area contributed by atoms with Crippen molar-refractivity contribution in [1.29, 1.82) is 0 Å². The summed E-state index contributed by atoms with van der Waals surface area (Å²) in [5.41, 5.74) is 5.39. The van der Waals surface area contributed by atoms with Crippen LogP contribution in [0.3, 0.4) is 0 Å². The first-order chi connectivity index (χ1) is 13.6. The summed E-state index contributed by atoms with van der Waals surface area (Å²) in [5.74, 6) is 1.42. The van der Waals surface area contributed by atoms with Crippen molar-refractivity contribution in [2.75, 3.05) is 7.11 Å². The zero-order valence-electron chi connectivity index (χ0n) is 16.8. The number of benzene rings is 2. The molecule has 28 heavy (non-hydrogen) atoms. The van der Waals surface area contributed by atoms with E-state index in [2.05, 4.69) is 43.1 Å². The van der Waals surface area contributed by atoms with Gasteiger partial charge in [0.2, 0.25) is 0 Å². The molecule has 2 heterocycles. The Bertz CT molecular complexity index is 1200. The lowest BCUT2D eigenvalue weighted by Gasteiger charge is -2.17. The quantitative estimate of drug-likeness (QED) is 0.415. The van der Waals surface area contributed by atoms with E-state index < -0.39 is 0 Å². The van der Waals surface area contributed by atoms with Gasteiger partial charge in [-0.1, -0.05) is 38.1 Å². The van der Waals surface area contributed by atoms with Gasteiger partial charge in [-0.25, -0.2) is 0 Å². The van der Waals surface area contributed by atoms with Gasteiger partial charge in [0, 0.05) is 16.3 Å². The molecule has 0 spiro atoms. The number of methoxy groups -OCH3 is 1. The second-order valence-corrected chi connectivity index (χ2v) is 8.19. The molecular formula is C24H25NO2S. The minimum atomic E-state index is -0.0270. The van der Waals surface area contributed by atoms with E-state index in [1.54, 1.807) is 7.11 Å². The maximum Gasteiger partial charge on any atom is 0.266 e. The Morgan fingerprint density at radius 1 is 1.11 bits per heavy atom. The number of H-pyrrole nitrogens is 1. The Balaban J connectivity index is 2.04. The molecule has 0 saturated heterocycles. The van der Waals surface area contributed by atoms with Crippen molar-refractivity contribution in [3.05, 3.63) is 63.3 Å². The number of nitrogens with one attached hydrogen (secondary N) is 1. The molecule has 0 aliphatic rings. The van der Waals surface area contributed by atoms with Crippen LogP contribution in [0.15, 0.2) is 46.6 Å². The Morgan fingerprint density at radius 3 is 2.46 bits per heavy atom. The predicted molar refractivity (Wildman–Crippen MR) is 120 cm³/mol. The molecule has 4 rings (SSSR count). The van der Waals surface area contributed by atoms with Gasteiger partial charge in [-0.2, -0.15) is 0 Å². The minimum absolute atomic E-state index is 0.0270. The van der Waals surface area contributed by atoms with Crippen LogP contribution in [0.5, 0.6) is 5.75 Å². The standard InChI is InChI=1S/C24H25NO2S/c1-5-15(6-2)16-7-9-17(10-8-16)20-19(27-4)13-14(3)22-21(20)18-11-12-28-23(18)24(26)25-22/h7-13,15H,5-6H2,1-4H3,(H,25,26). The van der Waals surface area contributed by atoms with Gasteiger partial charge in [0.1, 0.15) is 10.4 Å². The molecule has 0 radical (unpaired) electrons. The molecule has 1 N–H and O–H groups in total. The third-order valence-corrected chi connectivity index (χ3v) is 6.66. The number of fused-ring (bicyclic) bond motifs is 3. The highest BCUT2D eigenvalue weighted by molar-refractivity contribution is 7.17. The fourth-order valence-electron chi connectivity index (χ4n) is 4.20. The lowest BCUT2D eigenvalue weighted by atomic mass is 9.90. The summed E-state index contributed by atoms with van der Waals surface area (Å²) in [7, 11) is 1.71. The fraction of sp³-hybridized carbons (Fsp3) is 0.292. The monoisotopic (exact) mass is 391 g/mol. The normalized spacial score (nSPS) is 11.6. The van der Waals surface area contributed by atoms with Crippen LogP contribution in [0.25, 0.3) is 32.1 Å². The van der Waals surface area contributed by atoms with Crippen molar-refractivity contribution >= 4 is 32.3 Å². The van der Waals surface area contributed by atoms with Gasteiger partial charge in [-0.15, -0.1) is 11.3 Å². The van der Waals surface area contributed by atoms with E-state index in [1.807, 2.05) is 24.4 Å². The summed E-state index contributed by atoms with van der Waals surface area (Å²) in [5, 5.41) is 4.03. The number of rotatable bonds is 5. The number of aryl methyl sites for hydroxylation is 1. The largest absolute Gasteiger partial charge is 0.496 e. The van der Waals surface area contributed by atoms with E-state index in [-0.39, 0.29) is 5.56 Å². The lowest BCUT2D eigenvalue weighted by Crippen LogP contribution is -2.06. The fourth-order valence-corrected chi connectivity index (χ4v) is 4.99. The molecule has 2 aromatic carbocycles. The molecule has 4 heteroatoms. The van der Waals surface area contributed by atoms with Gasteiger partial charge in [-0.3, -0.25) is 4.79 Å². The molecule has 144 valence electrons. The van der Waals surface area contributed by atoms with E-state index in [0.29, 0.717) is 5.92 Å². The third kappa shape index (κ3) is 2.92. The number of thiophene rings is 1. The highest BCUT2D eigenvalue weighted by Gasteiger charge is 2.18. The number of aromatic amines is 1. The van der Waals surface area contributed by atoms with Gasteiger partial charge in [0.25, 0.3) is 5.56 Å². The van der Waals surface area contributed by atoms with Crippen LogP contribution in [-0.2, 0) is 0 Å². The summed E-state index contributed by atoms with van der Waals surface area (Å²) in [6.45, 7) is 6.49. The average Bonchev–Trinajstić information content (AvgIpc) is 3.21. The van der Waals surface area contributed by atoms with E-state index in [4.69, 9.17) is 4.74 Å². The SMILES string of the molecule is CCC(CC)c1ccc(-c2c(OC)cc(C)c3[nH]c(=O)c4sccc4c23)cc1. The highest BCUT2D eigenvalue weighted by Crippen LogP contribution is 2.42. The van der Waals surface area contributed by atoms with Crippen LogP contribution in [0.2, 0.25) is 0 Å². The Morgan fingerprint density at radius 2 is 1.82 bits per heavy atom. The van der Waals surface area contributed by atoms with Gasteiger partial charge in [0.05, 0.1) is 12.6 Å². The van der Waals surface area contributed by atoms with E-state index in [1.165, 1.54) is 16.9 Å². The molecular weight excluding hydrogens is 366 g/mol. The molecule has 3 nitrogen and oxygen atoms in total. The van der Waals surface area contributed by atoms with Crippen LogP contribution in [0, 0.1) is 6.92 Å². The predicted octanol–water partition coefficient (Wildman–Crippen LogP) is 6.63. The average molecular weight is 392 g/mol. The van der Waals surface area contributed by atoms with Gasteiger partial charge < -0.3 is 9.72 Å². The minimum Gasteiger partial charge on any atom is -0.496 e. The van der Waals surface area contributed by atoms with Crippen molar-refractivity contribution in [2.45, 2.75) is 39.5 Å². The molecule has 0 unspecified atom stereocenters. The van der Waals surface area contributed by atoms with Crippen LogP contribution in [-0.4, -0.2) is 12.1 Å². The second-order valence-electron chi connectivity index (χ2n) is 7.27. The Kier molecular flexibility index (Phi) is 4.98. The van der Waals surface area contributed by atoms with Gasteiger partial charge in [0.15, 0.2) is 0 Å². The van der Waals surface area contributed by atoms with E-state index in [9.17, 15) is 4.79 Å². The van der Waals surface area contributed by atoms with Crippen molar-refractivity contribution in [1.82, 2.24) is 4.98 Å². The van der Waals surface area contributed by atoms with Crippen molar-refractivity contribution in [3.8, 4) is 16.9 Å². The number of hydrogen-bond donors (Lipinski definition) is 1. The molecule has 0 amide bonds. The molecule has 0 aliphatic carbocycles. The molecule has 0 atom stereocenters. The molecule has 0 saturated carbocycles. The number of pyridine rings is 1. The number of ether oxygens (including phenoxy) is 1. The van der Waals surface area contributed by atoms with Crippen molar-refractivity contribution < 1.29 is 4.74 Å². The zero-order chi connectivity index (χ0) is 19.8. The van der Waals surface area contributed by atoms with Crippen LogP contribution < -0.4 is 10.3 Å². The molecule has 0 aliphatic heterocycles. The van der Waals surface area contributed by atoms with Gasteiger partial charge >= 0.3 is 0 Å². The summed E-state index contributed by atoms with van der Waals surface area (Å²) < 4.78 is 6.54. The van der Waals surface area contributed by atoms with Crippen molar-refractivity contribution in [2.24, 2.45) is 0 Å². The summed E-state index contributed by atoms with van der Waals surface area (Å²) >= 11 is 1.48. The van der Waals surface area contributed by atoms with Crippen LogP contribution in [0.4, 0.5) is 0 Å². The Labute approximate surface area is 169 Å². The Hall–Kier alpha value is -2.59. The maximum atomic E-state index is 12.5. The summed E-state index contributed by atoms with van der Waals surface area (Å²) in [6.07, 6.45) is 2.28. The first-order valence-corrected chi connectivity index (χ1v) is 10.7. The summed E-state index contributed by atoms with van der Waals surface area (Å²) in [6, 6.07) is 12.9. The van der Waals surface area contributed by atoms with Crippen molar-refractivity contribution in [3.63, 3.8) is 0 Å². The maximum absolute atomic E-state index is 12.5. The topological polar surface area (TPSA) is 42.1 Å². The van der Waals surface area contributed by atoms with E-state index in [0.717, 1.165) is 56.3 Å². The molecule has 4 aromatic rings. The smallest absolute Gasteiger partial charge is 0.266 e. The van der Waals surface area contributed by atoms with Crippen LogP contribution in [0.1, 0.15) is 43.7 Å². The zero-order valence-corrected chi connectivity index (χ0v) is 17.6. The molecule has 0 fully saturated rings. The third-order valence-electron chi connectivity index (χ3n) is 5.74. The first kappa shape index (κ1) is 18.8. The highest BCUT2D eigenvalue weighted by atomic mass is 32.1. The van der Waals surface area contributed by atoms with E-state index >= 15 is 0 Å². The van der Waals surface area contributed by atoms with Crippen LogP contribution >= 0.6 is 11.3 Å². The second kappa shape index (κ2) is 7.44. The molecule has 2 aromatic heterocycles. The number of hydrogen-bond acceptors (Lipinski definition) is 3. The number of aromatic nitrogens is 1. The first-order valence-electron chi connectivity index (χ1n) is 9.80. The lowest BCUT2D eigenvalue weighted by molar-refractivity contribution is 0.416. The molecule has 0 bridgehead atoms. The van der Waals surface area contributed by atoms with Gasteiger partial charge in [-0.05, 0) is 59.9 Å².